The number of nitrogens with zero attached hydrogens (tertiary/aromatic N) is 3. The summed E-state index contributed by atoms with van der Waals surface area (Å²) in [7, 11) is -4.29. The molecule has 0 aliphatic carbocycles. The maximum Gasteiger partial charge on any atom is 0.351 e. The Morgan fingerprint density at radius 2 is 1.38 bits per heavy atom. The van der Waals surface area contributed by atoms with E-state index in [0.29, 0.717) is 27.7 Å². The van der Waals surface area contributed by atoms with Crippen LogP contribution in [-0.2, 0) is 13.6 Å². The number of hydrogen-bond donors (Lipinski definition) is 0. The molecule has 254 valence electrons. The number of aromatic nitrogens is 2. The van der Waals surface area contributed by atoms with Gasteiger partial charge in [-0.3, -0.25) is 14.2 Å². The number of benzene rings is 2. The molecule has 3 atom stereocenters. The molecule has 1 aliphatic rings. The Kier molecular flexibility index (Phi) is 11.2. The SMILES string of the molecule is CC(C)(C)[Si](C)(C)OC[C@H]1O[C@@H](n2cc(I)c(N(C(=O)c3ccccc3)C(=O)c3ccccc3)nc2=O)C[C@@H]1O[Si](C)(C)C(C)(C)C. The molecule has 2 heterocycles. The second kappa shape index (κ2) is 14.2. The molecule has 4 rings (SSSR count). The second-order valence-electron chi connectivity index (χ2n) is 15.1. The summed E-state index contributed by atoms with van der Waals surface area (Å²) in [4.78, 5) is 46.7. The molecule has 3 aromatic rings. The fraction of sp³-hybridized carbons (Fsp3) is 0.486. The van der Waals surface area contributed by atoms with Gasteiger partial charge in [0.1, 0.15) is 12.3 Å². The number of amides is 2. The van der Waals surface area contributed by atoms with Crippen molar-refractivity contribution in [3.05, 3.63) is 92.0 Å². The Hall–Kier alpha value is -2.50. The summed E-state index contributed by atoms with van der Waals surface area (Å²) in [6.45, 7) is 22.4. The van der Waals surface area contributed by atoms with E-state index < -0.39 is 40.4 Å². The Balaban J connectivity index is 1.71. The van der Waals surface area contributed by atoms with Crippen LogP contribution in [0.15, 0.2) is 71.7 Å². The van der Waals surface area contributed by atoms with Gasteiger partial charge in [-0.25, -0.2) is 9.69 Å². The molecule has 2 aromatic carbocycles. The first-order valence-corrected chi connectivity index (χ1v) is 22.9. The molecule has 1 aliphatic heterocycles. The van der Waals surface area contributed by atoms with E-state index in [9.17, 15) is 14.4 Å². The predicted molar refractivity (Wildman–Crippen MR) is 199 cm³/mol. The third-order valence-electron chi connectivity index (χ3n) is 9.71. The van der Waals surface area contributed by atoms with Crippen LogP contribution in [-0.4, -0.2) is 56.8 Å². The molecule has 9 nitrogen and oxygen atoms in total. The van der Waals surface area contributed by atoms with Crippen molar-refractivity contribution in [2.45, 2.75) is 103 Å². The fourth-order valence-electron chi connectivity index (χ4n) is 4.71. The zero-order valence-electron chi connectivity index (χ0n) is 29.2. The zero-order chi connectivity index (χ0) is 34.9. The molecule has 1 fully saturated rings. The molecule has 2 amide bonds. The Bertz CT molecular complexity index is 1580. The minimum atomic E-state index is -2.20. The van der Waals surface area contributed by atoms with Crippen molar-refractivity contribution in [3.63, 3.8) is 0 Å². The largest absolute Gasteiger partial charge is 0.414 e. The first kappa shape index (κ1) is 37.3. The highest BCUT2D eigenvalue weighted by Crippen LogP contribution is 2.42. The molecular weight excluding hydrogens is 741 g/mol. The Morgan fingerprint density at radius 3 is 1.85 bits per heavy atom. The van der Waals surface area contributed by atoms with Gasteiger partial charge in [-0.15, -0.1) is 0 Å². The highest BCUT2D eigenvalue weighted by Gasteiger charge is 2.47. The molecule has 47 heavy (non-hydrogen) atoms. The van der Waals surface area contributed by atoms with Gasteiger partial charge in [-0.05, 0) is 83.1 Å². The van der Waals surface area contributed by atoms with Crippen LogP contribution in [0, 0.1) is 3.57 Å². The van der Waals surface area contributed by atoms with E-state index in [1.54, 1.807) is 66.9 Å². The van der Waals surface area contributed by atoms with Crippen molar-refractivity contribution in [3.8, 4) is 0 Å². The number of halogens is 1. The molecular formula is C35H48IN3O6Si2. The molecule has 1 saturated heterocycles. The second-order valence-corrected chi connectivity index (χ2v) is 25.9. The molecule has 0 saturated carbocycles. The predicted octanol–water partition coefficient (Wildman–Crippen LogP) is 8.03. The van der Waals surface area contributed by atoms with E-state index in [1.807, 2.05) is 22.6 Å². The third-order valence-corrected chi connectivity index (χ3v) is 19.5. The van der Waals surface area contributed by atoms with E-state index in [4.69, 9.17) is 13.6 Å². The van der Waals surface area contributed by atoms with Gasteiger partial charge in [0.05, 0.1) is 16.3 Å². The number of ether oxygens (including phenoxy) is 1. The molecule has 0 unspecified atom stereocenters. The number of hydrogen-bond acceptors (Lipinski definition) is 7. The summed E-state index contributed by atoms with van der Waals surface area (Å²) in [5.41, 5.74) is -0.0325. The van der Waals surface area contributed by atoms with Gasteiger partial charge in [-0.1, -0.05) is 77.9 Å². The quantitative estimate of drug-likeness (QED) is 0.123. The first-order chi connectivity index (χ1) is 21.7. The number of imide groups is 1. The summed E-state index contributed by atoms with van der Waals surface area (Å²) in [6, 6.07) is 17.0. The van der Waals surface area contributed by atoms with Gasteiger partial charge >= 0.3 is 5.69 Å². The van der Waals surface area contributed by atoms with E-state index >= 15 is 0 Å². The smallest absolute Gasteiger partial charge is 0.351 e. The maximum absolute atomic E-state index is 13.8. The molecule has 0 spiro atoms. The van der Waals surface area contributed by atoms with Gasteiger partial charge in [-0.2, -0.15) is 4.98 Å². The zero-order valence-corrected chi connectivity index (χ0v) is 33.3. The summed E-state index contributed by atoms with van der Waals surface area (Å²) in [5, 5.41) is -0.000775. The molecule has 0 radical (unpaired) electrons. The van der Waals surface area contributed by atoms with Crippen LogP contribution in [0.4, 0.5) is 5.82 Å². The minimum absolute atomic E-state index is 0.0217. The van der Waals surface area contributed by atoms with Crippen LogP contribution in [0.5, 0.6) is 0 Å². The number of anilines is 1. The fourth-order valence-corrected chi connectivity index (χ4v) is 7.75. The van der Waals surface area contributed by atoms with Crippen molar-refractivity contribution in [2.24, 2.45) is 0 Å². The van der Waals surface area contributed by atoms with Crippen LogP contribution in [0.3, 0.4) is 0 Å². The molecule has 1 aromatic heterocycles. The highest BCUT2D eigenvalue weighted by atomic mass is 127. The lowest BCUT2D eigenvalue weighted by molar-refractivity contribution is -0.0412. The van der Waals surface area contributed by atoms with Crippen molar-refractivity contribution in [1.29, 1.82) is 0 Å². The summed E-state index contributed by atoms with van der Waals surface area (Å²) < 4.78 is 21.9. The van der Waals surface area contributed by atoms with E-state index in [-0.39, 0.29) is 28.1 Å². The standard InChI is InChI=1S/C35H48IN3O6Si2/c1-34(2,3)46(7,8)43-23-28-27(45-47(9,10)35(4,5)6)21-29(44-28)38-22-26(36)30(37-33(38)42)39(31(40)24-17-13-11-14-18-24)32(41)25-19-15-12-16-20-25/h11-20,22,27-29H,21,23H2,1-10H3/t27-,28+,29+/m0/s1. The van der Waals surface area contributed by atoms with Crippen LogP contribution in [0.2, 0.25) is 36.3 Å². The number of carbonyl (C=O) groups excluding carboxylic acids is 2. The Labute approximate surface area is 294 Å². The number of carbonyl (C=O) groups is 2. The van der Waals surface area contributed by atoms with Crippen LogP contribution in [0.1, 0.15) is 74.9 Å². The van der Waals surface area contributed by atoms with Gasteiger partial charge in [0.25, 0.3) is 11.8 Å². The van der Waals surface area contributed by atoms with Crippen molar-refractivity contribution < 1.29 is 23.2 Å². The van der Waals surface area contributed by atoms with Crippen LogP contribution < -0.4 is 10.6 Å². The Morgan fingerprint density at radius 1 is 0.894 bits per heavy atom. The van der Waals surface area contributed by atoms with Gasteiger partial charge in [0.2, 0.25) is 0 Å². The minimum Gasteiger partial charge on any atom is -0.414 e. The van der Waals surface area contributed by atoms with Gasteiger partial charge in [0.15, 0.2) is 22.5 Å². The summed E-state index contributed by atoms with van der Waals surface area (Å²) >= 11 is 2.02. The van der Waals surface area contributed by atoms with Crippen LogP contribution >= 0.6 is 22.6 Å². The van der Waals surface area contributed by atoms with Gasteiger partial charge < -0.3 is 13.6 Å². The lowest BCUT2D eigenvalue weighted by Gasteiger charge is -2.40. The van der Waals surface area contributed by atoms with Gasteiger partial charge in [0, 0.05) is 23.7 Å². The molecule has 12 heteroatoms. The summed E-state index contributed by atoms with van der Waals surface area (Å²) in [6.07, 6.45) is 0.711. The maximum atomic E-state index is 13.8. The van der Waals surface area contributed by atoms with Crippen molar-refractivity contribution >= 4 is 56.9 Å². The monoisotopic (exact) mass is 789 g/mol. The topological polar surface area (TPSA) is 100.0 Å². The molecule has 0 bridgehead atoms. The number of rotatable bonds is 9. The first-order valence-electron chi connectivity index (χ1n) is 16.0. The third kappa shape index (κ3) is 8.39. The molecule has 0 N–H and O–H groups in total. The van der Waals surface area contributed by atoms with E-state index in [0.717, 1.165) is 4.90 Å². The lowest BCUT2D eigenvalue weighted by atomic mass is 10.1. The van der Waals surface area contributed by atoms with E-state index in [1.165, 1.54) is 4.57 Å². The van der Waals surface area contributed by atoms with Crippen molar-refractivity contribution in [2.75, 3.05) is 11.5 Å². The summed E-state index contributed by atoms with van der Waals surface area (Å²) in [5.74, 6) is -1.19. The normalized spacial score (nSPS) is 19.1. The average Bonchev–Trinajstić information content (AvgIpc) is 3.38. The lowest BCUT2D eigenvalue weighted by Crippen LogP contribution is -2.48. The van der Waals surface area contributed by atoms with E-state index in [2.05, 4.69) is 72.7 Å². The highest BCUT2D eigenvalue weighted by molar-refractivity contribution is 14.1. The van der Waals surface area contributed by atoms with Crippen molar-refractivity contribution in [1.82, 2.24) is 9.55 Å². The average molecular weight is 790 g/mol. The van der Waals surface area contributed by atoms with Crippen LogP contribution in [0.25, 0.3) is 0 Å².